The van der Waals surface area contributed by atoms with Gasteiger partial charge in [0.15, 0.2) is 11.6 Å². The topological polar surface area (TPSA) is 91.2 Å². The van der Waals surface area contributed by atoms with Crippen LogP contribution in [0.4, 0.5) is 14.5 Å². The van der Waals surface area contributed by atoms with Gasteiger partial charge < -0.3 is 27.1 Å². The molecule has 6 N–H and O–H groups in total. The molecule has 1 unspecified atom stereocenters. The zero-order valence-electron chi connectivity index (χ0n) is 19.7. The molecule has 0 saturated heterocycles. The monoisotopic (exact) mass is 443 g/mol. The van der Waals surface area contributed by atoms with Gasteiger partial charge in [-0.05, 0) is 93.2 Å². The van der Waals surface area contributed by atoms with Crippen LogP contribution in [-0.2, 0) is 6.42 Å². The Morgan fingerprint density at radius 2 is 1.84 bits per heavy atom. The van der Waals surface area contributed by atoms with Crippen molar-refractivity contribution in [1.82, 2.24) is 4.90 Å². The number of rotatable bonds is 10. The van der Waals surface area contributed by atoms with Crippen molar-refractivity contribution in [2.45, 2.75) is 39.2 Å². The fourth-order valence-electron chi connectivity index (χ4n) is 3.99. The van der Waals surface area contributed by atoms with E-state index in [-0.39, 0.29) is 6.04 Å². The minimum Gasteiger partial charge on any atom is -0.402 e. The molecule has 0 aliphatic heterocycles. The highest BCUT2D eigenvalue weighted by Crippen LogP contribution is 2.33. The summed E-state index contributed by atoms with van der Waals surface area (Å²) in [6.07, 6.45) is 1.41. The minimum atomic E-state index is -0.867. The molecule has 2 aromatic rings. The Morgan fingerprint density at radius 3 is 2.41 bits per heavy atom. The second-order valence-corrected chi connectivity index (χ2v) is 8.45. The molecule has 0 aromatic heterocycles. The first-order valence-electron chi connectivity index (χ1n) is 10.8. The molecule has 5 nitrogen and oxygen atoms in total. The van der Waals surface area contributed by atoms with E-state index in [0.29, 0.717) is 48.3 Å². The van der Waals surface area contributed by atoms with Crippen LogP contribution in [0.25, 0.3) is 11.1 Å². The van der Waals surface area contributed by atoms with Crippen molar-refractivity contribution in [3.8, 4) is 11.1 Å². The average Bonchev–Trinajstić information content (AvgIpc) is 2.72. The van der Waals surface area contributed by atoms with E-state index in [1.54, 1.807) is 19.9 Å². The summed E-state index contributed by atoms with van der Waals surface area (Å²) in [5.74, 6) is -1.70. The number of benzene rings is 2. The Hall–Kier alpha value is -2.77. The predicted molar refractivity (Wildman–Crippen MR) is 130 cm³/mol. The van der Waals surface area contributed by atoms with E-state index in [2.05, 4.69) is 5.32 Å². The summed E-state index contributed by atoms with van der Waals surface area (Å²) in [7, 11) is 5.75. The molecule has 32 heavy (non-hydrogen) atoms. The van der Waals surface area contributed by atoms with Crippen LogP contribution in [0.5, 0.6) is 0 Å². The maximum atomic E-state index is 14.9. The lowest BCUT2D eigenvalue weighted by atomic mass is 9.91. The number of hydrogen-bond acceptors (Lipinski definition) is 5. The van der Waals surface area contributed by atoms with Gasteiger partial charge in [-0.15, -0.1) is 0 Å². The van der Waals surface area contributed by atoms with Crippen molar-refractivity contribution in [2.75, 3.05) is 33.0 Å². The Labute approximate surface area is 190 Å². The Bertz CT molecular complexity index is 994. The molecule has 0 bridgehead atoms. The highest BCUT2D eigenvalue weighted by Gasteiger charge is 2.18. The molecule has 1 atom stereocenters. The lowest BCUT2D eigenvalue weighted by Gasteiger charge is -2.21. The normalized spacial score (nSPS) is 13.2. The number of allylic oxidation sites excluding steroid dienone is 2. The third-order valence-electron chi connectivity index (χ3n) is 5.57. The maximum absolute atomic E-state index is 14.9. The zero-order chi connectivity index (χ0) is 24.0. The predicted octanol–water partition coefficient (Wildman–Crippen LogP) is 4.83. The van der Waals surface area contributed by atoms with E-state index in [4.69, 9.17) is 16.9 Å². The first-order valence-corrected chi connectivity index (χ1v) is 10.8. The number of nitrogens with zero attached hydrogens (tertiary/aromatic N) is 1. The van der Waals surface area contributed by atoms with E-state index in [1.165, 1.54) is 0 Å². The molecule has 0 heterocycles. The molecule has 2 rings (SSSR count). The van der Waals surface area contributed by atoms with Crippen LogP contribution in [0.3, 0.4) is 0 Å². The van der Waals surface area contributed by atoms with Crippen molar-refractivity contribution in [2.24, 2.45) is 11.5 Å². The van der Waals surface area contributed by atoms with Gasteiger partial charge in [0.05, 0.1) is 0 Å². The van der Waals surface area contributed by atoms with E-state index in [9.17, 15) is 8.78 Å². The highest BCUT2D eigenvalue weighted by atomic mass is 19.2. The zero-order valence-corrected chi connectivity index (χ0v) is 19.7. The Kier molecular flexibility index (Phi) is 8.92. The third kappa shape index (κ3) is 6.14. The standard InChI is InChI=1S/C25H35F2N5/c1-15(28)18(16(2)29)7-6-8-20-19(10-11-22(26)25(20)27)17-9-12-24(31-3)21(13-17)23(30)14-32(4)5/h9-13,23,28,31H,6-8,14,29-30H2,1-5H3. The van der Waals surface area contributed by atoms with Crippen LogP contribution < -0.4 is 16.8 Å². The van der Waals surface area contributed by atoms with Crippen LogP contribution in [0.15, 0.2) is 41.6 Å². The number of anilines is 1. The van der Waals surface area contributed by atoms with Gasteiger partial charge in [0.25, 0.3) is 0 Å². The maximum Gasteiger partial charge on any atom is 0.162 e. The second-order valence-electron chi connectivity index (χ2n) is 8.45. The minimum absolute atomic E-state index is 0.239. The summed E-state index contributed by atoms with van der Waals surface area (Å²) >= 11 is 0. The van der Waals surface area contributed by atoms with Crippen molar-refractivity contribution < 1.29 is 8.78 Å². The summed E-state index contributed by atoms with van der Waals surface area (Å²) in [6, 6.07) is 8.31. The van der Waals surface area contributed by atoms with Crippen molar-refractivity contribution in [3.05, 3.63) is 64.4 Å². The van der Waals surface area contributed by atoms with Gasteiger partial charge in [0, 0.05) is 36.7 Å². The summed E-state index contributed by atoms with van der Waals surface area (Å²) < 4.78 is 29.0. The smallest absolute Gasteiger partial charge is 0.162 e. The van der Waals surface area contributed by atoms with Gasteiger partial charge in [0.2, 0.25) is 0 Å². The number of nitrogens with one attached hydrogen (secondary N) is 2. The molecule has 7 heteroatoms. The van der Waals surface area contributed by atoms with Gasteiger partial charge >= 0.3 is 0 Å². The molecule has 0 fully saturated rings. The van der Waals surface area contributed by atoms with Crippen molar-refractivity contribution in [1.29, 1.82) is 5.41 Å². The number of hydrogen-bond donors (Lipinski definition) is 4. The first kappa shape index (κ1) is 25.5. The first-order chi connectivity index (χ1) is 15.1. The van der Waals surface area contributed by atoms with Gasteiger partial charge in [0.1, 0.15) is 0 Å². The molecule has 174 valence electrons. The lowest BCUT2D eigenvalue weighted by Crippen LogP contribution is -2.26. The van der Waals surface area contributed by atoms with Crippen LogP contribution in [-0.4, -0.2) is 38.3 Å². The number of halogens is 2. The van der Waals surface area contributed by atoms with Gasteiger partial charge in [-0.1, -0.05) is 12.1 Å². The number of nitrogens with two attached hydrogens (primary N) is 2. The summed E-state index contributed by atoms with van der Waals surface area (Å²) in [5, 5.41) is 11.0. The molecule has 0 spiro atoms. The van der Waals surface area contributed by atoms with Gasteiger partial charge in [-0.3, -0.25) is 0 Å². The molecular weight excluding hydrogens is 408 g/mol. The van der Waals surface area contributed by atoms with E-state index >= 15 is 0 Å². The molecule has 0 radical (unpaired) electrons. The van der Waals surface area contributed by atoms with Crippen LogP contribution in [0.1, 0.15) is 43.9 Å². The van der Waals surface area contributed by atoms with Gasteiger partial charge in [-0.2, -0.15) is 0 Å². The summed E-state index contributed by atoms with van der Waals surface area (Å²) in [4.78, 5) is 2.01. The third-order valence-corrected chi connectivity index (χ3v) is 5.57. The van der Waals surface area contributed by atoms with E-state index in [1.807, 2.05) is 44.2 Å². The van der Waals surface area contributed by atoms with Crippen molar-refractivity contribution >= 4 is 11.4 Å². The SMILES string of the molecule is CNc1ccc(-c2ccc(F)c(F)c2CCCC(C(C)=N)=C(C)N)cc1C(N)CN(C)C. The second kappa shape index (κ2) is 11.2. The van der Waals surface area contributed by atoms with Crippen LogP contribution >= 0.6 is 0 Å². The van der Waals surface area contributed by atoms with Crippen molar-refractivity contribution in [3.63, 3.8) is 0 Å². The van der Waals surface area contributed by atoms with Gasteiger partial charge in [-0.25, -0.2) is 8.78 Å². The molecule has 0 aliphatic rings. The van der Waals surface area contributed by atoms with Crippen LogP contribution in [0, 0.1) is 17.0 Å². The summed E-state index contributed by atoms with van der Waals surface area (Å²) in [6.45, 7) is 4.09. The fraction of sp³-hybridized carbons (Fsp3) is 0.400. The summed E-state index contributed by atoms with van der Waals surface area (Å²) in [5.41, 5.74) is 17.6. The molecular formula is C25H35F2N5. The van der Waals surface area contributed by atoms with E-state index < -0.39 is 11.6 Å². The molecule has 0 saturated carbocycles. The number of likely N-dealkylation sites (N-methyl/N-ethyl adjacent to an activating group) is 1. The fourth-order valence-corrected chi connectivity index (χ4v) is 3.99. The average molecular weight is 444 g/mol. The molecule has 0 aliphatic carbocycles. The van der Waals surface area contributed by atoms with Crippen LogP contribution in [0.2, 0.25) is 0 Å². The quantitative estimate of drug-likeness (QED) is 0.396. The molecule has 0 amide bonds. The highest BCUT2D eigenvalue weighted by molar-refractivity contribution is 5.96. The van der Waals surface area contributed by atoms with E-state index in [0.717, 1.165) is 28.5 Å². The Balaban J connectivity index is 2.45. The molecule has 2 aromatic carbocycles. The largest absolute Gasteiger partial charge is 0.402 e. The Morgan fingerprint density at radius 1 is 1.16 bits per heavy atom. The lowest BCUT2D eigenvalue weighted by molar-refractivity contribution is 0.377.